The molecule has 0 saturated carbocycles. The molecular formula is C20H26ClF3N2O5. The van der Waals surface area contributed by atoms with Gasteiger partial charge < -0.3 is 19.9 Å². The van der Waals surface area contributed by atoms with Crippen molar-refractivity contribution in [2.45, 2.75) is 31.2 Å². The van der Waals surface area contributed by atoms with Crippen LogP contribution < -0.4 is 5.32 Å². The van der Waals surface area contributed by atoms with Crippen molar-refractivity contribution < 1.29 is 37.3 Å². The van der Waals surface area contributed by atoms with Gasteiger partial charge in [0.25, 0.3) is 0 Å². The topological polar surface area (TPSA) is 88.1 Å². The number of carboxylic acids is 1. The molecule has 1 spiro atoms. The van der Waals surface area contributed by atoms with Gasteiger partial charge in [0.1, 0.15) is 6.61 Å². The van der Waals surface area contributed by atoms with Crippen molar-refractivity contribution >= 4 is 23.5 Å². The number of nitrogens with one attached hydrogen (secondary N) is 1. The third kappa shape index (κ3) is 7.34. The van der Waals surface area contributed by atoms with Crippen molar-refractivity contribution in [2.24, 2.45) is 5.92 Å². The average molecular weight is 467 g/mol. The molecule has 0 aliphatic carbocycles. The summed E-state index contributed by atoms with van der Waals surface area (Å²) in [6.45, 7) is 4.36. The number of aliphatic carboxylic acids is 1. The lowest BCUT2D eigenvalue weighted by atomic mass is 9.78. The number of methoxy groups -OCH3 is 1. The van der Waals surface area contributed by atoms with Crippen molar-refractivity contribution in [2.75, 3.05) is 40.0 Å². The Kier molecular flexibility index (Phi) is 9.11. The predicted molar refractivity (Wildman–Crippen MR) is 107 cm³/mol. The van der Waals surface area contributed by atoms with Crippen LogP contribution in [-0.4, -0.2) is 73.6 Å². The van der Waals surface area contributed by atoms with E-state index < -0.39 is 12.1 Å². The van der Waals surface area contributed by atoms with E-state index >= 15 is 0 Å². The zero-order valence-electron chi connectivity index (χ0n) is 17.1. The molecule has 3 rings (SSSR count). The number of halogens is 4. The third-order valence-corrected chi connectivity index (χ3v) is 5.64. The minimum absolute atomic E-state index is 0.0345. The third-order valence-electron chi connectivity index (χ3n) is 5.27. The van der Waals surface area contributed by atoms with Crippen LogP contribution in [0.2, 0.25) is 5.02 Å². The summed E-state index contributed by atoms with van der Waals surface area (Å²) in [5, 5.41) is 10.9. The number of ether oxygens (including phenoxy) is 2. The highest BCUT2D eigenvalue weighted by molar-refractivity contribution is 6.31. The molecule has 1 aromatic carbocycles. The maximum atomic E-state index is 11.5. The van der Waals surface area contributed by atoms with Crippen LogP contribution in [0.25, 0.3) is 0 Å². The normalized spacial score (nSPS) is 20.0. The summed E-state index contributed by atoms with van der Waals surface area (Å²) in [4.78, 5) is 22.7. The zero-order chi connectivity index (χ0) is 23.1. The fourth-order valence-corrected chi connectivity index (χ4v) is 4.00. The largest absolute Gasteiger partial charge is 0.490 e. The fourth-order valence-electron chi connectivity index (χ4n) is 3.80. The molecule has 31 heavy (non-hydrogen) atoms. The van der Waals surface area contributed by atoms with Crippen LogP contribution in [0.4, 0.5) is 13.2 Å². The van der Waals surface area contributed by atoms with Gasteiger partial charge in [-0.1, -0.05) is 29.8 Å². The highest BCUT2D eigenvalue weighted by Gasteiger charge is 2.52. The Balaban J connectivity index is 0.000000423. The first-order valence-corrected chi connectivity index (χ1v) is 10.1. The highest BCUT2D eigenvalue weighted by atomic mass is 35.5. The van der Waals surface area contributed by atoms with Gasteiger partial charge >= 0.3 is 12.1 Å². The van der Waals surface area contributed by atoms with Gasteiger partial charge in [0, 0.05) is 44.9 Å². The van der Waals surface area contributed by atoms with Gasteiger partial charge in [-0.15, -0.1) is 0 Å². The summed E-state index contributed by atoms with van der Waals surface area (Å²) < 4.78 is 42.6. The smallest absolute Gasteiger partial charge is 0.475 e. The van der Waals surface area contributed by atoms with Gasteiger partial charge in [0.15, 0.2) is 0 Å². The maximum Gasteiger partial charge on any atom is 0.490 e. The summed E-state index contributed by atoms with van der Waals surface area (Å²) in [5.74, 6) is -2.31. The maximum absolute atomic E-state index is 11.5. The van der Waals surface area contributed by atoms with Crippen LogP contribution >= 0.6 is 11.6 Å². The number of carbonyl (C=O) groups excluding carboxylic acids is 1. The number of likely N-dealkylation sites (tertiary alicyclic amines) is 1. The molecule has 0 bridgehead atoms. The number of alkyl halides is 3. The number of rotatable bonds is 7. The molecule has 2 aliphatic heterocycles. The molecule has 0 aromatic heterocycles. The zero-order valence-corrected chi connectivity index (χ0v) is 17.8. The van der Waals surface area contributed by atoms with Crippen LogP contribution in [0.5, 0.6) is 0 Å². The van der Waals surface area contributed by atoms with Crippen LogP contribution in [0.15, 0.2) is 24.3 Å². The van der Waals surface area contributed by atoms with Gasteiger partial charge in [0.2, 0.25) is 5.91 Å². The van der Waals surface area contributed by atoms with Crippen LogP contribution in [0.3, 0.4) is 0 Å². The summed E-state index contributed by atoms with van der Waals surface area (Å²) >= 11 is 6.24. The Hall–Kier alpha value is -1.88. The van der Waals surface area contributed by atoms with E-state index in [-0.39, 0.29) is 18.1 Å². The van der Waals surface area contributed by atoms with E-state index in [0.717, 1.165) is 49.7 Å². The Morgan fingerprint density at radius 1 is 1.35 bits per heavy atom. The van der Waals surface area contributed by atoms with Gasteiger partial charge in [-0.25, -0.2) is 4.79 Å². The van der Waals surface area contributed by atoms with Crippen molar-refractivity contribution in [1.82, 2.24) is 10.2 Å². The Bertz CT molecular complexity index is 757. The highest BCUT2D eigenvalue weighted by Crippen LogP contribution is 2.42. The molecule has 2 heterocycles. The van der Waals surface area contributed by atoms with Gasteiger partial charge in [0.05, 0.1) is 5.60 Å². The first-order valence-electron chi connectivity index (χ1n) is 9.73. The number of amides is 1. The minimum Gasteiger partial charge on any atom is -0.475 e. The monoisotopic (exact) mass is 466 g/mol. The van der Waals surface area contributed by atoms with Gasteiger partial charge in [-0.05, 0) is 30.4 Å². The first kappa shape index (κ1) is 25.4. The summed E-state index contributed by atoms with van der Waals surface area (Å²) in [5.41, 5.74) is 1.13. The van der Waals surface area contributed by atoms with E-state index in [2.05, 4.69) is 16.3 Å². The molecule has 2 aliphatic rings. The van der Waals surface area contributed by atoms with Crippen molar-refractivity contribution in [3.63, 3.8) is 0 Å². The number of hydrogen-bond donors (Lipinski definition) is 2. The lowest BCUT2D eigenvalue weighted by Gasteiger charge is -2.50. The molecule has 2 saturated heterocycles. The Morgan fingerprint density at radius 2 is 2.00 bits per heavy atom. The lowest BCUT2D eigenvalue weighted by Crippen LogP contribution is -2.64. The van der Waals surface area contributed by atoms with Gasteiger partial charge in [-0.2, -0.15) is 13.2 Å². The molecule has 1 unspecified atom stereocenters. The summed E-state index contributed by atoms with van der Waals surface area (Å²) in [6, 6.07) is 7.99. The molecule has 1 atom stereocenters. The first-order chi connectivity index (χ1) is 14.6. The average Bonchev–Trinajstić information content (AvgIpc) is 3.07. The standard InChI is InChI=1S/C18H25ClN2O3.C2HF3O2/c1-23-11-17(22)20-8-6-15-7-9-24-18(15)12-21(13-18)10-14-4-2-3-5-16(14)19;3-2(4,5)1(6)7/h2-5,15H,6-13H2,1H3,(H,20,22);(H,6,7). The SMILES string of the molecule is COCC(=O)NCCC1CCOC12CN(Cc1ccccc1Cl)C2.O=C(O)C(F)(F)F. The molecule has 2 N–H and O–H groups in total. The second-order valence-corrected chi connectivity index (χ2v) is 7.92. The molecule has 11 heteroatoms. The molecule has 174 valence electrons. The van der Waals surface area contributed by atoms with Crippen LogP contribution in [0, 0.1) is 5.92 Å². The molecule has 1 amide bonds. The summed E-state index contributed by atoms with van der Waals surface area (Å²) in [6.07, 6.45) is -3.06. The summed E-state index contributed by atoms with van der Waals surface area (Å²) in [7, 11) is 1.53. The lowest BCUT2D eigenvalue weighted by molar-refractivity contribution is -0.192. The van der Waals surface area contributed by atoms with E-state index in [1.807, 2.05) is 18.2 Å². The van der Waals surface area contributed by atoms with Gasteiger partial charge in [-0.3, -0.25) is 9.69 Å². The van der Waals surface area contributed by atoms with E-state index in [0.29, 0.717) is 12.5 Å². The van der Waals surface area contributed by atoms with Crippen LogP contribution in [0.1, 0.15) is 18.4 Å². The molecular weight excluding hydrogens is 441 g/mol. The minimum atomic E-state index is -5.08. The van der Waals surface area contributed by atoms with E-state index in [4.69, 9.17) is 31.0 Å². The Morgan fingerprint density at radius 3 is 2.58 bits per heavy atom. The molecule has 0 radical (unpaired) electrons. The number of carbonyl (C=O) groups is 2. The van der Waals surface area contributed by atoms with E-state index in [9.17, 15) is 18.0 Å². The van der Waals surface area contributed by atoms with Crippen molar-refractivity contribution in [3.8, 4) is 0 Å². The predicted octanol–water partition coefficient (Wildman–Crippen LogP) is 2.72. The Labute approximate surface area is 183 Å². The second-order valence-electron chi connectivity index (χ2n) is 7.51. The van der Waals surface area contributed by atoms with Crippen LogP contribution in [-0.2, 0) is 25.6 Å². The molecule has 2 fully saturated rings. The molecule has 1 aromatic rings. The fraction of sp³-hybridized carbons (Fsp3) is 0.600. The number of carboxylic acid groups (broad SMARTS) is 1. The van der Waals surface area contributed by atoms with Crippen molar-refractivity contribution in [1.29, 1.82) is 0 Å². The molecule has 7 nitrogen and oxygen atoms in total. The van der Waals surface area contributed by atoms with E-state index in [1.165, 1.54) is 7.11 Å². The van der Waals surface area contributed by atoms with E-state index in [1.54, 1.807) is 0 Å². The number of benzene rings is 1. The second kappa shape index (κ2) is 11.1. The quantitative estimate of drug-likeness (QED) is 0.642. The number of hydrogen-bond acceptors (Lipinski definition) is 5. The number of nitrogens with zero attached hydrogens (tertiary/aromatic N) is 1. The van der Waals surface area contributed by atoms with Crippen molar-refractivity contribution in [3.05, 3.63) is 34.9 Å².